The molecule has 3 rings (SSSR count). The Bertz CT molecular complexity index is 1030. The maximum atomic E-state index is 12.0. The van der Waals surface area contributed by atoms with Crippen LogP contribution in [0.5, 0.6) is 5.75 Å². The lowest BCUT2D eigenvalue weighted by Crippen LogP contribution is -2.27. The molecule has 0 spiro atoms. The zero-order valence-corrected chi connectivity index (χ0v) is 17.9. The zero-order chi connectivity index (χ0) is 21.7. The molecular weight excluding hydrogens is 378 g/mol. The van der Waals surface area contributed by atoms with E-state index in [2.05, 4.69) is 17.2 Å². The molecule has 0 saturated heterocycles. The minimum Gasteiger partial charge on any atom is -0.489 e. The van der Waals surface area contributed by atoms with E-state index in [9.17, 15) is 4.79 Å². The predicted molar refractivity (Wildman–Crippen MR) is 121 cm³/mol. The number of ether oxygens (including phenoxy) is 2. The minimum absolute atomic E-state index is 0.0335. The topological polar surface area (TPSA) is 86.5 Å². The summed E-state index contributed by atoms with van der Waals surface area (Å²) in [5, 5.41) is 4.67. The second kappa shape index (κ2) is 9.03. The number of rotatable bonds is 6. The number of fused-ring (bicyclic) bond motifs is 1. The van der Waals surface area contributed by atoms with Gasteiger partial charge in [-0.15, -0.1) is 0 Å². The smallest absolute Gasteiger partial charge is 0.413 e. The van der Waals surface area contributed by atoms with E-state index in [4.69, 9.17) is 15.2 Å². The van der Waals surface area contributed by atoms with Crippen LogP contribution in [0.1, 0.15) is 39.7 Å². The first-order valence-electron chi connectivity index (χ1n) is 10.1. The molecule has 0 aliphatic carbocycles. The summed E-state index contributed by atoms with van der Waals surface area (Å²) in [5.41, 5.74) is 7.29. The van der Waals surface area contributed by atoms with Gasteiger partial charge in [-0.3, -0.25) is 5.32 Å². The lowest BCUT2D eigenvalue weighted by molar-refractivity contribution is 0.0635. The van der Waals surface area contributed by atoms with Gasteiger partial charge in [-0.05, 0) is 57.0 Å². The summed E-state index contributed by atoms with van der Waals surface area (Å²) in [4.78, 5) is 16.2. The van der Waals surface area contributed by atoms with Gasteiger partial charge in [-0.2, -0.15) is 0 Å². The molecule has 0 radical (unpaired) electrons. The molecule has 1 heterocycles. The number of hydrogen-bond acceptors (Lipinski definition) is 5. The van der Waals surface area contributed by atoms with E-state index in [1.165, 1.54) is 0 Å². The van der Waals surface area contributed by atoms with Crippen LogP contribution in [-0.4, -0.2) is 22.8 Å². The van der Waals surface area contributed by atoms with Crippen LogP contribution in [0.15, 0.2) is 54.7 Å². The van der Waals surface area contributed by atoms with Crippen LogP contribution < -0.4 is 15.8 Å². The van der Waals surface area contributed by atoms with Crippen molar-refractivity contribution in [1.29, 1.82) is 0 Å². The summed E-state index contributed by atoms with van der Waals surface area (Å²) >= 11 is 0. The molecule has 1 amide bonds. The minimum atomic E-state index is -0.565. The zero-order valence-electron chi connectivity index (χ0n) is 17.9. The van der Waals surface area contributed by atoms with Crippen LogP contribution in [0.4, 0.5) is 16.3 Å². The molecule has 0 aliphatic heterocycles. The molecule has 1 atom stereocenters. The van der Waals surface area contributed by atoms with Crippen molar-refractivity contribution < 1.29 is 14.3 Å². The molecule has 30 heavy (non-hydrogen) atoms. The molecule has 1 unspecified atom stereocenters. The lowest BCUT2D eigenvalue weighted by atomic mass is 10.1. The molecule has 6 heteroatoms. The van der Waals surface area contributed by atoms with Gasteiger partial charge in [0, 0.05) is 29.1 Å². The van der Waals surface area contributed by atoms with Crippen LogP contribution in [0.25, 0.3) is 10.8 Å². The average Bonchev–Trinajstić information content (AvgIpc) is 2.68. The van der Waals surface area contributed by atoms with Crippen molar-refractivity contribution in [3.8, 4) is 5.75 Å². The maximum absolute atomic E-state index is 12.0. The molecule has 0 fully saturated rings. The van der Waals surface area contributed by atoms with E-state index in [1.807, 2.05) is 69.3 Å². The Kier molecular flexibility index (Phi) is 6.45. The van der Waals surface area contributed by atoms with Gasteiger partial charge in [0.25, 0.3) is 0 Å². The summed E-state index contributed by atoms with van der Waals surface area (Å²) in [5.74, 6) is 1.27. The largest absolute Gasteiger partial charge is 0.489 e. The number of benzene rings is 2. The number of nitrogens with two attached hydrogens (primary N) is 1. The Morgan fingerprint density at radius 2 is 1.87 bits per heavy atom. The van der Waals surface area contributed by atoms with Crippen molar-refractivity contribution in [2.75, 3.05) is 11.1 Å². The first kappa shape index (κ1) is 21.4. The van der Waals surface area contributed by atoms with Crippen LogP contribution in [0, 0.1) is 0 Å². The monoisotopic (exact) mass is 407 g/mol. The van der Waals surface area contributed by atoms with Crippen LogP contribution in [-0.2, 0) is 11.2 Å². The third-order valence-electron chi connectivity index (χ3n) is 4.58. The van der Waals surface area contributed by atoms with Crippen molar-refractivity contribution in [2.24, 2.45) is 0 Å². The average molecular weight is 408 g/mol. The number of nitrogen functional groups attached to an aromatic ring is 1. The number of amides is 1. The summed E-state index contributed by atoms with van der Waals surface area (Å²) in [7, 11) is 0. The number of anilines is 2. The Hall–Kier alpha value is -3.28. The van der Waals surface area contributed by atoms with Gasteiger partial charge in [0.05, 0.1) is 0 Å². The number of carbonyl (C=O) groups excluding carboxylic acids is 1. The number of nitrogens with zero attached hydrogens (tertiary/aromatic N) is 1. The highest BCUT2D eigenvalue weighted by Crippen LogP contribution is 2.31. The molecular formula is C24H29N3O3. The van der Waals surface area contributed by atoms with Gasteiger partial charge >= 0.3 is 6.09 Å². The van der Waals surface area contributed by atoms with Crippen molar-refractivity contribution in [3.05, 3.63) is 60.3 Å². The van der Waals surface area contributed by atoms with E-state index >= 15 is 0 Å². The Morgan fingerprint density at radius 1 is 1.13 bits per heavy atom. The number of aromatic nitrogens is 1. The lowest BCUT2D eigenvalue weighted by Gasteiger charge is -2.20. The molecule has 0 bridgehead atoms. The predicted octanol–water partition coefficient (Wildman–Crippen LogP) is 5.56. The van der Waals surface area contributed by atoms with Crippen molar-refractivity contribution in [1.82, 2.24) is 4.98 Å². The second-order valence-corrected chi connectivity index (χ2v) is 8.23. The first-order chi connectivity index (χ1) is 14.2. The second-order valence-electron chi connectivity index (χ2n) is 8.23. The van der Waals surface area contributed by atoms with Gasteiger partial charge in [0.15, 0.2) is 0 Å². The van der Waals surface area contributed by atoms with Gasteiger partial charge in [0.2, 0.25) is 0 Å². The third-order valence-corrected chi connectivity index (χ3v) is 4.58. The fourth-order valence-corrected chi connectivity index (χ4v) is 3.19. The van der Waals surface area contributed by atoms with Crippen LogP contribution in [0.2, 0.25) is 0 Å². The van der Waals surface area contributed by atoms with E-state index in [0.717, 1.165) is 34.2 Å². The highest BCUT2D eigenvalue weighted by Gasteiger charge is 2.17. The summed E-state index contributed by atoms with van der Waals surface area (Å²) in [6.07, 6.45) is 2.63. The number of nitrogens with one attached hydrogen (secondary N) is 1. The van der Waals surface area contributed by atoms with E-state index in [1.54, 1.807) is 6.20 Å². The summed E-state index contributed by atoms with van der Waals surface area (Å²) in [6.45, 7) is 7.55. The molecule has 2 aromatic carbocycles. The molecule has 3 aromatic rings. The Morgan fingerprint density at radius 3 is 2.57 bits per heavy atom. The fraction of sp³-hybridized carbons (Fsp3) is 0.333. The molecule has 0 aliphatic rings. The van der Waals surface area contributed by atoms with Gasteiger partial charge in [0.1, 0.15) is 23.3 Å². The summed E-state index contributed by atoms with van der Waals surface area (Å²) in [6, 6.07) is 15.5. The van der Waals surface area contributed by atoms with Crippen molar-refractivity contribution in [2.45, 2.75) is 52.2 Å². The normalized spacial score (nSPS) is 12.4. The number of hydrogen-bond donors (Lipinski definition) is 2. The molecule has 1 aromatic heterocycles. The first-order valence-corrected chi connectivity index (χ1v) is 10.1. The van der Waals surface area contributed by atoms with E-state index in [-0.39, 0.29) is 6.10 Å². The molecule has 0 saturated carbocycles. The molecule has 6 nitrogen and oxygen atoms in total. The van der Waals surface area contributed by atoms with Crippen molar-refractivity contribution in [3.63, 3.8) is 0 Å². The highest BCUT2D eigenvalue weighted by atomic mass is 16.6. The maximum Gasteiger partial charge on any atom is 0.413 e. The quantitative estimate of drug-likeness (QED) is 0.522. The van der Waals surface area contributed by atoms with Crippen LogP contribution >= 0.6 is 0 Å². The van der Waals surface area contributed by atoms with Crippen molar-refractivity contribution >= 4 is 28.4 Å². The fourth-order valence-electron chi connectivity index (χ4n) is 3.19. The number of carbonyl (C=O) groups is 1. The molecule has 158 valence electrons. The standard InChI is InChI=1S/C24H29N3O3/c1-5-17(29-21-11-10-20(25)18-8-6-7-9-19(18)21)14-16-12-13-26-22(15-16)27-23(28)30-24(2,3)4/h6-13,15,17H,5,14,25H2,1-4H3,(H,26,27,28). The third kappa shape index (κ3) is 5.63. The Balaban J connectivity index is 1.72. The molecule has 3 N–H and O–H groups in total. The summed E-state index contributed by atoms with van der Waals surface area (Å²) < 4.78 is 11.6. The van der Waals surface area contributed by atoms with Gasteiger partial charge in [-0.25, -0.2) is 9.78 Å². The van der Waals surface area contributed by atoms with Crippen LogP contribution in [0.3, 0.4) is 0 Å². The Labute approximate surface area is 177 Å². The van der Waals surface area contributed by atoms with Gasteiger partial charge in [-0.1, -0.05) is 31.2 Å². The van der Waals surface area contributed by atoms with E-state index in [0.29, 0.717) is 12.2 Å². The highest BCUT2D eigenvalue weighted by molar-refractivity contribution is 5.97. The van der Waals surface area contributed by atoms with Gasteiger partial charge < -0.3 is 15.2 Å². The SMILES string of the molecule is CCC(Cc1ccnc(NC(=O)OC(C)(C)C)c1)Oc1ccc(N)c2ccccc12. The van der Waals surface area contributed by atoms with E-state index < -0.39 is 11.7 Å². The number of pyridine rings is 1.